The molecule has 4 heteroatoms. The summed E-state index contributed by atoms with van der Waals surface area (Å²) in [7, 11) is 1.49. The van der Waals surface area contributed by atoms with Gasteiger partial charge in [-0.05, 0) is 30.0 Å². The van der Waals surface area contributed by atoms with Gasteiger partial charge in [-0.1, -0.05) is 25.4 Å². The molecule has 0 saturated heterocycles. The van der Waals surface area contributed by atoms with Gasteiger partial charge in [-0.3, -0.25) is 0 Å². The molecule has 0 spiro atoms. The van der Waals surface area contributed by atoms with E-state index in [0.29, 0.717) is 11.7 Å². The van der Waals surface area contributed by atoms with E-state index in [4.69, 9.17) is 22.1 Å². The molecule has 0 aliphatic heterocycles. The minimum atomic E-state index is -0.0907. The van der Waals surface area contributed by atoms with Crippen LogP contribution < -0.4 is 10.5 Å². The predicted molar refractivity (Wildman–Crippen MR) is 66.1 cm³/mol. The van der Waals surface area contributed by atoms with Crippen LogP contribution in [0.15, 0.2) is 12.1 Å². The number of halogens is 1. The predicted octanol–water partition coefficient (Wildman–Crippen LogP) is 3.10. The van der Waals surface area contributed by atoms with Gasteiger partial charge in [0, 0.05) is 6.04 Å². The lowest BCUT2D eigenvalue weighted by atomic mass is 9.97. The summed E-state index contributed by atoms with van der Waals surface area (Å²) in [5.74, 6) is 0.833. The maximum Gasteiger partial charge on any atom is 0.176 e. The second-order valence-corrected chi connectivity index (χ2v) is 4.70. The summed E-state index contributed by atoms with van der Waals surface area (Å²) in [6.45, 7) is 4.22. The lowest BCUT2D eigenvalue weighted by molar-refractivity contribution is 0.372. The fourth-order valence-corrected chi connectivity index (χ4v) is 1.83. The summed E-state index contributed by atoms with van der Waals surface area (Å²) >= 11 is 5.89. The molecule has 1 aromatic rings. The molecule has 1 aromatic carbocycles. The molecular formula is C12H18ClNO2. The Morgan fingerprint density at radius 1 is 1.44 bits per heavy atom. The Balaban J connectivity index is 3.01. The molecule has 0 aliphatic carbocycles. The molecule has 0 fully saturated rings. The van der Waals surface area contributed by atoms with Crippen LogP contribution >= 0.6 is 11.6 Å². The van der Waals surface area contributed by atoms with Crippen LogP contribution in [0.4, 0.5) is 0 Å². The Bertz CT molecular complexity index is 366. The number of rotatable bonds is 4. The van der Waals surface area contributed by atoms with Crippen molar-refractivity contribution in [2.24, 2.45) is 11.7 Å². The minimum absolute atomic E-state index is 0.0373. The van der Waals surface area contributed by atoms with Crippen molar-refractivity contribution in [2.75, 3.05) is 7.11 Å². The standard InChI is InChI=1S/C12H18ClNO2/c1-7(2)4-10(14)8-5-9(13)12(15)11(6-8)16-3/h5-7,10,15H,4,14H2,1-3H3/t10-/m0/s1. The largest absolute Gasteiger partial charge is 0.503 e. The van der Waals surface area contributed by atoms with Crippen LogP contribution in [0.1, 0.15) is 31.9 Å². The molecule has 90 valence electrons. The highest BCUT2D eigenvalue weighted by atomic mass is 35.5. The van der Waals surface area contributed by atoms with Crippen LogP contribution in [0.3, 0.4) is 0 Å². The third-order valence-electron chi connectivity index (χ3n) is 2.42. The number of phenolic OH excluding ortho intramolecular Hbond substituents is 1. The van der Waals surface area contributed by atoms with Crippen molar-refractivity contribution in [3.05, 3.63) is 22.7 Å². The van der Waals surface area contributed by atoms with Crippen molar-refractivity contribution in [1.29, 1.82) is 0 Å². The van der Waals surface area contributed by atoms with Crippen LogP contribution in [-0.2, 0) is 0 Å². The fraction of sp³-hybridized carbons (Fsp3) is 0.500. The van der Waals surface area contributed by atoms with Crippen LogP contribution in [0, 0.1) is 5.92 Å². The van der Waals surface area contributed by atoms with E-state index in [2.05, 4.69) is 13.8 Å². The summed E-state index contributed by atoms with van der Waals surface area (Å²) in [5.41, 5.74) is 6.93. The van der Waals surface area contributed by atoms with Crippen molar-refractivity contribution in [3.63, 3.8) is 0 Å². The summed E-state index contributed by atoms with van der Waals surface area (Å²) in [6.07, 6.45) is 0.865. The average molecular weight is 244 g/mol. The van der Waals surface area contributed by atoms with Crippen LogP contribution in [0.25, 0.3) is 0 Å². The number of phenols is 1. The number of hydrogen-bond donors (Lipinski definition) is 2. The van der Waals surface area contributed by atoms with Crippen molar-refractivity contribution in [2.45, 2.75) is 26.3 Å². The van der Waals surface area contributed by atoms with Gasteiger partial charge in [-0.25, -0.2) is 0 Å². The van der Waals surface area contributed by atoms with Crippen LogP contribution in [-0.4, -0.2) is 12.2 Å². The van der Waals surface area contributed by atoms with Crippen LogP contribution in [0.5, 0.6) is 11.5 Å². The molecule has 0 bridgehead atoms. The Kier molecular flexibility index (Phi) is 4.44. The van der Waals surface area contributed by atoms with Crippen molar-refractivity contribution < 1.29 is 9.84 Å². The molecule has 1 rings (SSSR count). The number of benzene rings is 1. The van der Waals surface area contributed by atoms with Crippen LogP contribution in [0.2, 0.25) is 5.02 Å². The maximum atomic E-state index is 9.59. The Morgan fingerprint density at radius 3 is 2.56 bits per heavy atom. The van der Waals surface area contributed by atoms with Crippen molar-refractivity contribution in [3.8, 4) is 11.5 Å². The summed E-state index contributed by atoms with van der Waals surface area (Å²) < 4.78 is 5.03. The zero-order chi connectivity index (χ0) is 12.3. The quantitative estimate of drug-likeness (QED) is 0.855. The van der Waals surface area contributed by atoms with Crippen molar-refractivity contribution in [1.82, 2.24) is 0 Å². The molecule has 0 heterocycles. The minimum Gasteiger partial charge on any atom is -0.503 e. The lowest BCUT2D eigenvalue weighted by Crippen LogP contribution is -2.13. The number of methoxy groups -OCH3 is 1. The molecule has 1 atom stereocenters. The summed E-state index contributed by atoms with van der Waals surface area (Å²) in [4.78, 5) is 0. The van der Waals surface area contributed by atoms with Gasteiger partial charge < -0.3 is 15.6 Å². The molecule has 0 aromatic heterocycles. The van der Waals surface area contributed by atoms with E-state index in [0.717, 1.165) is 12.0 Å². The third kappa shape index (κ3) is 3.03. The smallest absolute Gasteiger partial charge is 0.176 e. The number of aromatic hydroxyl groups is 1. The van der Waals surface area contributed by atoms with Gasteiger partial charge in [0.2, 0.25) is 0 Å². The number of ether oxygens (including phenoxy) is 1. The molecule has 0 radical (unpaired) electrons. The maximum absolute atomic E-state index is 9.59. The molecular weight excluding hydrogens is 226 g/mol. The van der Waals surface area contributed by atoms with E-state index < -0.39 is 0 Å². The van der Waals surface area contributed by atoms with E-state index in [-0.39, 0.29) is 16.8 Å². The van der Waals surface area contributed by atoms with Gasteiger partial charge in [0.05, 0.1) is 12.1 Å². The van der Waals surface area contributed by atoms with E-state index in [1.54, 1.807) is 12.1 Å². The van der Waals surface area contributed by atoms with Gasteiger partial charge in [0.25, 0.3) is 0 Å². The van der Waals surface area contributed by atoms with E-state index in [9.17, 15) is 5.11 Å². The van der Waals surface area contributed by atoms with Gasteiger partial charge in [0.15, 0.2) is 11.5 Å². The third-order valence-corrected chi connectivity index (χ3v) is 2.71. The molecule has 0 saturated carbocycles. The normalized spacial score (nSPS) is 12.9. The molecule has 3 N–H and O–H groups in total. The zero-order valence-electron chi connectivity index (χ0n) is 9.83. The first kappa shape index (κ1) is 13.1. The fourth-order valence-electron chi connectivity index (χ4n) is 1.61. The van der Waals surface area contributed by atoms with E-state index >= 15 is 0 Å². The van der Waals surface area contributed by atoms with Gasteiger partial charge in [0.1, 0.15) is 0 Å². The first-order valence-corrected chi connectivity index (χ1v) is 5.65. The zero-order valence-corrected chi connectivity index (χ0v) is 10.6. The van der Waals surface area contributed by atoms with Gasteiger partial charge >= 0.3 is 0 Å². The molecule has 0 aliphatic rings. The SMILES string of the molecule is COc1cc([C@@H](N)CC(C)C)cc(Cl)c1O. The summed E-state index contributed by atoms with van der Waals surface area (Å²) in [6, 6.07) is 3.33. The van der Waals surface area contributed by atoms with Gasteiger partial charge in [-0.2, -0.15) is 0 Å². The lowest BCUT2D eigenvalue weighted by Gasteiger charge is -2.16. The second kappa shape index (κ2) is 5.41. The first-order valence-electron chi connectivity index (χ1n) is 5.27. The van der Waals surface area contributed by atoms with E-state index in [1.807, 2.05) is 0 Å². The number of nitrogens with two attached hydrogens (primary N) is 1. The summed E-state index contributed by atoms with van der Waals surface area (Å²) in [5, 5.41) is 9.86. The topological polar surface area (TPSA) is 55.5 Å². The monoisotopic (exact) mass is 243 g/mol. The van der Waals surface area contributed by atoms with Gasteiger partial charge in [-0.15, -0.1) is 0 Å². The molecule has 0 unspecified atom stereocenters. The van der Waals surface area contributed by atoms with Crippen molar-refractivity contribution >= 4 is 11.6 Å². The molecule has 0 amide bonds. The number of hydrogen-bond acceptors (Lipinski definition) is 3. The second-order valence-electron chi connectivity index (χ2n) is 4.29. The van der Waals surface area contributed by atoms with E-state index in [1.165, 1.54) is 7.11 Å². The Hall–Kier alpha value is -0.930. The highest BCUT2D eigenvalue weighted by Crippen LogP contribution is 2.37. The molecule has 3 nitrogen and oxygen atoms in total. The average Bonchev–Trinajstić information content (AvgIpc) is 2.20. The highest BCUT2D eigenvalue weighted by molar-refractivity contribution is 6.32. The molecule has 16 heavy (non-hydrogen) atoms. The Morgan fingerprint density at radius 2 is 2.06 bits per heavy atom. The highest BCUT2D eigenvalue weighted by Gasteiger charge is 2.14. The Labute approximate surface area is 101 Å². The first-order chi connectivity index (χ1) is 7.45.